The fourth-order valence-electron chi connectivity index (χ4n) is 5.51. The van der Waals surface area contributed by atoms with E-state index in [1.807, 2.05) is 42.2 Å². The van der Waals surface area contributed by atoms with Crippen molar-refractivity contribution < 1.29 is 32.2 Å². The van der Waals surface area contributed by atoms with Gasteiger partial charge in [-0.3, -0.25) is 9.69 Å². The Morgan fingerprint density at radius 3 is 2.31 bits per heavy atom. The summed E-state index contributed by atoms with van der Waals surface area (Å²) in [5.74, 6) is -0.360. The van der Waals surface area contributed by atoms with Gasteiger partial charge in [-0.1, -0.05) is 30.3 Å². The predicted molar refractivity (Wildman–Crippen MR) is 148 cm³/mol. The third-order valence-corrected chi connectivity index (χ3v) is 7.57. The van der Waals surface area contributed by atoms with E-state index < -0.39 is 29.8 Å². The number of esters is 1. The quantitative estimate of drug-likeness (QED) is 0.303. The summed E-state index contributed by atoms with van der Waals surface area (Å²) < 4.78 is 53.9. The van der Waals surface area contributed by atoms with Gasteiger partial charge in [0.1, 0.15) is 17.4 Å². The van der Waals surface area contributed by atoms with Gasteiger partial charge in [-0.15, -0.1) is 0 Å². The van der Waals surface area contributed by atoms with Crippen LogP contribution in [-0.2, 0) is 15.7 Å². The number of amides is 1. The zero-order valence-corrected chi connectivity index (χ0v) is 23.6. The van der Waals surface area contributed by atoms with Crippen LogP contribution in [0.15, 0.2) is 60.8 Å². The Labute approximate surface area is 240 Å². The SMILES string of the molecule is COC(=O)C(c1ccccc1)N1CCN(C(=O)c2cnn3c(C(F)(F)F)c(C)c(-c4ccc(OC)cc4)nc23)[C@H](C)C1. The van der Waals surface area contributed by atoms with E-state index in [0.29, 0.717) is 28.9 Å². The maximum absolute atomic E-state index is 14.3. The monoisotopic (exact) mass is 581 g/mol. The Bertz CT molecular complexity index is 1610. The first-order chi connectivity index (χ1) is 20.0. The number of halogens is 3. The molecule has 0 N–H and O–H groups in total. The van der Waals surface area contributed by atoms with E-state index in [2.05, 4.69) is 10.1 Å². The Morgan fingerprint density at radius 1 is 1.02 bits per heavy atom. The largest absolute Gasteiger partial charge is 0.497 e. The van der Waals surface area contributed by atoms with E-state index in [0.717, 1.165) is 11.8 Å². The Hall–Kier alpha value is -4.45. The molecule has 0 radical (unpaired) electrons. The molecule has 2 aromatic carbocycles. The molecular weight excluding hydrogens is 551 g/mol. The van der Waals surface area contributed by atoms with Crippen molar-refractivity contribution in [2.24, 2.45) is 0 Å². The van der Waals surface area contributed by atoms with Crippen molar-refractivity contribution in [1.82, 2.24) is 24.4 Å². The molecule has 9 nitrogen and oxygen atoms in total. The second-order valence-electron chi connectivity index (χ2n) is 10.1. The summed E-state index contributed by atoms with van der Waals surface area (Å²) in [6.45, 7) is 4.10. The van der Waals surface area contributed by atoms with Crippen molar-refractivity contribution >= 4 is 17.5 Å². The summed E-state index contributed by atoms with van der Waals surface area (Å²) in [5.41, 5.74) is -0.0353. The van der Waals surface area contributed by atoms with Gasteiger partial charge >= 0.3 is 12.1 Å². The van der Waals surface area contributed by atoms with E-state index >= 15 is 0 Å². The highest BCUT2D eigenvalue weighted by Gasteiger charge is 2.40. The fraction of sp³-hybridized carbons (Fsp3) is 0.333. The number of aromatic nitrogens is 3. The highest BCUT2D eigenvalue weighted by molar-refractivity contribution is 6.00. The molecule has 2 aromatic heterocycles. The molecule has 1 fully saturated rings. The first-order valence-electron chi connectivity index (χ1n) is 13.3. The van der Waals surface area contributed by atoms with Crippen LogP contribution in [0.2, 0.25) is 0 Å². The van der Waals surface area contributed by atoms with Crippen LogP contribution in [0, 0.1) is 6.92 Å². The smallest absolute Gasteiger partial charge is 0.433 e. The van der Waals surface area contributed by atoms with Crippen LogP contribution in [-0.4, -0.2) is 76.2 Å². The topological polar surface area (TPSA) is 89.3 Å². The number of piperazine rings is 1. The average molecular weight is 582 g/mol. The Kier molecular flexibility index (Phi) is 7.91. The molecule has 0 bridgehead atoms. The minimum Gasteiger partial charge on any atom is -0.497 e. The lowest BCUT2D eigenvalue weighted by Gasteiger charge is -2.42. The number of nitrogens with zero attached hydrogens (tertiary/aromatic N) is 5. The molecule has 0 spiro atoms. The van der Waals surface area contributed by atoms with Gasteiger partial charge in [-0.2, -0.15) is 18.3 Å². The molecule has 1 amide bonds. The molecule has 220 valence electrons. The van der Waals surface area contributed by atoms with Crippen LogP contribution in [0.4, 0.5) is 13.2 Å². The average Bonchev–Trinajstić information content (AvgIpc) is 3.39. The third-order valence-electron chi connectivity index (χ3n) is 7.57. The van der Waals surface area contributed by atoms with Crippen molar-refractivity contribution in [2.45, 2.75) is 32.1 Å². The summed E-state index contributed by atoms with van der Waals surface area (Å²) >= 11 is 0. The summed E-state index contributed by atoms with van der Waals surface area (Å²) in [5, 5.41) is 3.96. The second-order valence-corrected chi connectivity index (χ2v) is 10.1. The molecule has 5 rings (SSSR count). The van der Waals surface area contributed by atoms with Gasteiger partial charge in [0.25, 0.3) is 5.91 Å². The highest BCUT2D eigenvalue weighted by Crippen LogP contribution is 2.37. The van der Waals surface area contributed by atoms with Crippen molar-refractivity contribution in [1.29, 1.82) is 0 Å². The molecule has 3 heterocycles. The number of rotatable bonds is 6. The first kappa shape index (κ1) is 29.1. The highest BCUT2D eigenvalue weighted by atomic mass is 19.4. The molecule has 1 aliphatic rings. The molecular formula is C30H30F3N5O4. The van der Waals surface area contributed by atoms with E-state index in [1.165, 1.54) is 21.1 Å². The number of carbonyl (C=O) groups is 2. The maximum Gasteiger partial charge on any atom is 0.433 e. The van der Waals surface area contributed by atoms with Gasteiger partial charge < -0.3 is 14.4 Å². The lowest BCUT2D eigenvalue weighted by atomic mass is 10.0. The predicted octanol–water partition coefficient (Wildman–Crippen LogP) is 4.79. The van der Waals surface area contributed by atoms with E-state index in [9.17, 15) is 22.8 Å². The molecule has 0 aliphatic carbocycles. The number of alkyl halides is 3. The molecule has 4 aromatic rings. The Morgan fingerprint density at radius 2 is 1.71 bits per heavy atom. The van der Waals surface area contributed by atoms with E-state index in [1.54, 1.807) is 29.2 Å². The number of hydrogen-bond donors (Lipinski definition) is 0. The summed E-state index contributed by atoms with van der Waals surface area (Å²) in [7, 11) is 2.82. The molecule has 0 saturated carbocycles. The molecule has 1 aliphatic heterocycles. The van der Waals surface area contributed by atoms with Crippen LogP contribution in [0.3, 0.4) is 0 Å². The van der Waals surface area contributed by atoms with Crippen LogP contribution >= 0.6 is 0 Å². The molecule has 42 heavy (non-hydrogen) atoms. The summed E-state index contributed by atoms with van der Waals surface area (Å²) in [6, 6.07) is 14.7. The van der Waals surface area contributed by atoms with E-state index in [-0.39, 0.29) is 35.1 Å². The van der Waals surface area contributed by atoms with Gasteiger partial charge in [0.05, 0.1) is 26.1 Å². The van der Waals surface area contributed by atoms with Gasteiger partial charge in [0.15, 0.2) is 11.3 Å². The van der Waals surface area contributed by atoms with Crippen molar-refractivity contribution in [3.8, 4) is 17.0 Å². The zero-order valence-electron chi connectivity index (χ0n) is 23.6. The van der Waals surface area contributed by atoms with Crippen molar-refractivity contribution in [3.05, 3.63) is 83.2 Å². The third kappa shape index (κ3) is 5.29. The standard InChI is InChI=1S/C30H30F3N5O4/c1-18-17-36(25(29(40)42-4)21-8-6-5-7-9-21)14-15-37(18)28(39)23-16-34-38-26(30(31,32)33)19(2)24(35-27(23)38)20-10-12-22(41-3)13-11-20/h5-13,16,18,25H,14-15,17H2,1-4H3/t18-,25?/m1/s1. The van der Waals surface area contributed by atoms with Crippen LogP contribution in [0.5, 0.6) is 5.75 Å². The van der Waals surface area contributed by atoms with Crippen molar-refractivity contribution in [3.63, 3.8) is 0 Å². The molecule has 2 atom stereocenters. The lowest BCUT2D eigenvalue weighted by molar-refractivity contribution is -0.148. The lowest BCUT2D eigenvalue weighted by Crippen LogP contribution is -2.55. The summed E-state index contributed by atoms with van der Waals surface area (Å²) in [6.07, 6.45) is -3.62. The first-order valence-corrected chi connectivity index (χ1v) is 13.3. The molecule has 1 unspecified atom stereocenters. The van der Waals surface area contributed by atoms with Gasteiger partial charge in [-0.25, -0.2) is 14.3 Å². The van der Waals surface area contributed by atoms with Gasteiger partial charge in [0, 0.05) is 36.8 Å². The number of carbonyl (C=O) groups excluding carboxylic acids is 2. The second kappa shape index (κ2) is 11.4. The van der Waals surface area contributed by atoms with Crippen LogP contribution in [0.25, 0.3) is 16.9 Å². The molecule has 1 saturated heterocycles. The number of hydrogen-bond acceptors (Lipinski definition) is 7. The maximum atomic E-state index is 14.3. The Balaban J connectivity index is 1.50. The van der Waals surface area contributed by atoms with Gasteiger partial charge in [0.2, 0.25) is 0 Å². The number of ether oxygens (including phenoxy) is 2. The molecule has 12 heteroatoms. The van der Waals surface area contributed by atoms with E-state index in [4.69, 9.17) is 9.47 Å². The number of fused-ring (bicyclic) bond motifs is 1. The summed E-state index contributed by atoms with van der Waals surface area (Å²) in [4.78, 5) is 34.6. The zero-order chi connectivity index (χ0) is 30.2. The van der Waals surface area contributed by atoms with Crippen LogP contribution < -0.4 is 4.74 Å². The van der Waals surface area contributed by atoms with Crippen LogP contribution in [0.1, 0.15) is 40.1 Å². The number of benzene rings is 2. The fourth-order valence-corrected chi connectivity index (χ4v) is 5.51. The normalized spacial score (nSPS) is 16.8. The minimum atomic E-state index is -4.75. The minimum absolute atomic E-state index is 0.0388. The van der Waals surface area contributed by atoms with Crippen molar-refractivity contribution in [2.75, 3.05) is 33.9 Å². The number of methoxy groups -OCH3 is 2. The van der Waals surface area contributed by atoms with Gasteiger partial charge in [-0.05, 0) is 43.7 Å².